The summed E-state index contributed by atoms with van der Waals surface area (Å²) in [7, 11) is 0. The first-order valence-corrected chi connectivity index (χ1v) is 6.14. The lowest BCUT2D eigenvalue weighted by Crippen LogP contribution is -2.06. The van der Waals surface area contributed by atoms with Crippen molar-refractivity contribution in [2.75, 3.05) is 11.9 Å². The Hall–Kier alpha value is -0.610. The van der Waals surface area contributed by atoms with Gasteiger partial charge in [-0.3, -0.25) is 0 Å². The van der Waals surface area contributed by atoms with Gasteiger partial charge >= 0.3 is 0 Å². The SMILES string of the molecule is CC(C)CCCCNc1nc(Cl)nc(Cl)n1. The molecule has 1 N–H and O–H groups in total. The zero-order valence-corrected chi connectivity index (χ0v) is 11.0. The quantitative estimate of drug-likeness (QED) is 0.799. The number of nitrogens with one attached hydrogen (secondary N) is 1. The normalized spacial score (nSPS) is 10.8. The monoisotopic (exact) mass is 262 g/mol. The van der Waals surface area contributed by atoms with E-state index in [-0.39, 0.29) is 10.6 Å². The van der Waals surface area contributed by atoms with E-state index in [2.05, 4.69) is 34.1 Å². The molecule has 0 spiro atoms. The molecule has 0 aliphatic rings. The number of hydrogen-bond acceptors (Lipinski definition) is 4. The molecule has 0 saturated heterocycles. The summed E-state index contributed by atoms with van der Waals surface area (Å²) in [6.07, 6.45) is 3.51. The van der Waals surface area contributed by atoms with Crippen molar-refractivity contribution in [2.24, 2.45) is 5.92 Å². The first-order valence-electron chi connectivity index (χ1n) is 5.39. The van der Waals surface area contributed by atoms with Crippen molar-refractivity contribution in [1.29, 1.82) is 0 Å². The van der Waals surface area contributed by atoms with Crippen molar-refractivity contribution in [3.63, 3.8) is 0 Å². The van der Waals surface area contributed by atoms with Crippen LogP contribution < -0.4 is 5.32 Å². The van der Waals surface area contributed by atoms with E-state index in [1.165, 1.54) is 12.8 Å². The third-order valence-corrected chi connectivity index (χ3v) is 2.41. The second-order valence-electron chi connectivity index (χ2n) is 4.01. The molecular weight excluding hydrogens is 247 g/mol. The molecule has 16 heavy (non-hydrogen) atoms. The van der Waals surface area contributed by atoms with Crippen LogP contribution in [0.3, 0.4) is 0 Å². The van der Waals surface area contributed by atoms with Crippen LogP contribution in [0, 0.1) is 5.92 Å². The van der Waals surface area contributed by atoms with E-state index in [1.54, 1.807) is 0 Å². The summed E-state index contributed by atoms with van der Waals surface area (Å²) >= 11 is 11.3. The summed E-state index contributed by atoms with van der Waals surface area (Å²) in [4.78, 5) is 11.5. The van der Waals surface area contributed by atoms with E-state index < -0.39 is 0 Å². The van der Waals surface area contributed by atoms with Crippen LogP contribution in [0.4, 0.5) is 5.95 Å². The minimum atomic E-state index is 0.115. The van der Waals surface area contributed by atoms with Gasteiger partial charge in [0, 0.05) is 6.54 Å². The maximum atomic E-state index is 5.65. The van der Waals surface area contributed by atoms with Crippen LogP contribution in [-0.4, -0.2) is 21.5 Å². The topological polar surface area (TPSA) is 50.7 Å². The average Bonchev–Trinajstić information content (AvgIpc) is 2.15. The van der Waals surface area contributed by atoms with Gasteiger partial charge in [-0.2, -0.15) is 15.0 Å². The summed E-state index contributed by atoms with van der Waals surface area (Å²) in [6, 6.07) is 0. The van der Waals surface area contributed by atoms with Crippen molar-refractivity contribution in [3.05, 3.63) is 10.6 Å². The van der Waals surface area contributed by atoms with Gasteiger partial charge in [0.25, 0.3) is 0 Å². The highest BCUT2D eigenvalue weighted by molar-refractivity contribution is 6.31. The Balaban J connectivity index is 2.26. The Labute approximate surface area is 106 Å². The van der Waals surface area contributed by atoms with Crippen LogP contribution in [0.2, 0.25) is 10.6 Å². The van der Waals surface area contributed by atoms with Gasteiger partial charge in [-0.15, -0.1) is 0 Å². The van der Waals surface area contributed by atoms with Gasteiger partial charge in [-0.25, -0.2) is 0 Å². The molecule has 0 aliphatic heterocycles. The van der Waals surface area contributed by atoms with Crippen molar-refractivity contribution < 1.29 is 0 Å². The van der Waals surface area contributed by atoms with E-state index in [9.17, 15) is 0 Å². The van der Waals surface area contributed by atoms with Gasteiger partial charge in [0.1, 0.15) is 0 Å². The fraction of sp³-hybridized carbons (Fsp3) is 0.700. The number of nitrogens with zero attached hydrogens (tertiary/aromatic N) is 3. The molecule has 0 radical (unpaired) electrons. The van der Waals surface area contributed by atoms with Gasteiger partial charge in [0.15, 0.2) is 0 Å². The molecule has 90 valence electrons. The molecule has 1 heterocycles. The first-order chi connectivity index (χ1) is 7.58. The lowest BCUT2D eigenvalue weighted by Gasteiger charge is -2.06. The van der Waals surface area contributed by atoms with Gasteiger partial charge in [-0.1, -0.05) is 26.7 Å². The largest absolute Gasteiger partial charge is 0.354 e. The average molecular weight is 263 g/mol. The smallest absolute Gasteiger partial charge is 0.228 e. The maximum Gasteiger partial charge on any atom is 0.228 e. The van der Waals surface area contributed by atoms with Crippen molar-refractivity contribution in [3.8, 4) is 0 Å². The Morgan fingerprint density at radius 3 is 2.25 bits per heavy atom. The number of halogens is 2. The van der Waals surface area contributed by atoms with Crippen molar-refractivity contribution in [2.45, 2.75) is 33.1 Å². The zero-order valence-electron chi connectivity index (χ0n) is 9.50. The molecule has 1 aromatic rings. The van der Waals surface area contributed by atoms with Crippen molar-refractivity contribution >= 4 is 29.2 Å². The Bertz CT molecular complexity index is 310. The molecule has 0 saturated carbocycles. The van der Waals surface area contributed by atoms with Crippen molar-refractivity contribution in [1.82, 2.24) is 15.0 Å². The molecule has 6 heteroatoms. The van der Waals surface area contributed by atoms with Crippen LogP contribution in [0.25, 0.3) is 0 Å². The highest BCUT2D eigenvalue weighted by Crippen LogP contribution is 2.10. The predicted molar refractivity (Wildman–Crippen MR) is 67.0 cm³/mol. The Kier molecular flexibility index (Phi) is 5.77. The number of hydrogen-bond donors (Lipinski definition) is 1. The van der Waals surface area contributed by atoms with E-state index >= 15 is 0 Å². The minimum Gasteiger partial charge on any atom is -0.354 e. The lowest BCUT2D eigenvalue weighted by molar-refractivity contribution is 0.544. The molecule has 4 nitrogen and oxygen atoms in total. The second kappa shape index (κ2) is 6.86. The molecule has 0 bridgehead atoms. The molecule has 0 aliphatic carbocycles. The number of aromatic nitrogens is 3. The molecule has 0 fully saturated rings. The minimum absolute atomic E-state index is 0.115. The molecule has 0 aromatic carbocycles. The van der Waals surface area contributed by atoms with E-state index in [0.717, 1.165) is 18.9 Å². The molecular formula is C10H16Cl2N4. The fourth-order valence-electron chi connectivity index (χ4n) is 1.28. The third kappa shape index (κ3) is 5.47. The highest BCUT2D eigenvalue weighted by atomic mass is 35.5. The molecule has 0 unspecified atom stereocenters. The van der Waals surface area contributed by atoms with Crippen LogP contribution >= 0.6 is 23.2 Å². The number of anilines is 1. The summed E-state index contributed by atoms with van der Waals surface area (Å²) in [5, 5.41) is 3.30. The Morgan fingerprint density at radius 2 is 1.69 bits per heavy atom. The predicted octanol–water partition coefficient (Wildman–Crippen LogP) is 3.42. The third-order valence-electron chi connectivity index (χ3n) is 2.07. The van der Waals surface area contributed by atoms with Crippen LogP contribution in [0.5, 0.6) is 0 Å². The molecule has 0 amide bonds. The highest BCUT2D eigenvalue weighted by Gasteiger charge is 2.02. The maximum absolute atomic E-state index is 5.65. The first kappa shape index (κ1) is 13.5. The summed E-state index contributed by atoms with van der Waals surface area (Å²) in [5.41, 5.74) is 0. The summed E-state index contributed by atoms with van der Waals surface area (Å²) in [5.74, 6) is 1.19. The van der Waals surface area contributed by atoms with Crippen LogP contribution in [0.1, 0.15) is 33.1 Å². The molecule has 0 atom stereocenters. The number of unbranched alkanes of at least 4 members (excludes halogenated alkanes) is 1. The number of rotatable bonds is 6. The zero-order chi connectivity index (χ0) is 12.0. The van der Waals surface area contributed by atoms with E-state index in [4.69, 9.17) is 23.2 Å². The van der Waals surface area contributed by atoms with Gasteiger partial charge < -0.3 is 5.32 Å². The summed E-state index contributed by atoms with van der Waals surface area (Å²) in [6.45, 7) is 5.27. The molecule has 1 aromatic heterocycles. The van der Waals surface area contributed by atoms with Crippen LogP contribution in [-0.2, 0) is 0 Å². The second-order valence-corrected chi connectivity index (χ2v) is 4.69. The van der Waals surface area contributed by atoms with Crippen LogP contribution in [0.15, 0.2) is 0 Å². The molecule has 1 rings (SSSR count). The fourth-order valence-corrected chi connectivity index (χ4v) is 1.65. The van der Waals surface area contributed by atoms with Gasteiger partial charge in [0.05, 0.1) is 0 Å². The summed E-state index contributed by atoms with van der Waals surface area (Å²) < 4.78 is 0. The van der Waals surface area contributed by atoms with E-state index in [1.807, 2.05) is 0 Å². The Morgan fingerprint density at radius 1 is 1.06 bits per heavy atom. The lowest BCUT2D eigenvalue weighted by atomic mass is 10.1. The van der Waals surface area contributed by atoms with Gasteiger partial charge in [0.2, 0.25) is 16.5 Å². The van der Waals surface area contributed by atoms with E-state index in [0.29, 0.717) is 5.95 Å². The standard InChI is InChI=1S/C10H16Cl2N4/c1-7(2)5-3-4-6-13-10-15-8(11)14-9(12)16-10/h7H,3-6H2,1-2H3,(H,13,14,15,16). The van der Waals surface area contributed by atoms with Gasteiger partial charge in [-0.05, 0) is 35.5 Å².